The van der Waals surface area contributed by atoms with E-state index in [9.17, 15) is 4.79 Å². The Balaban J connectivity index is 1.81. The summed E-state index contributed by atoms with van der Waals surface area (Å²) < 4.78 is 2.16. The number of carbonyl (C=O) groups excluding carboxylic acids is 1. The number of aromatic nitrogens is 1. The molecule has 1 heterocycles. The Morgan fingerprint density at radius 3 is 2.73 bits per heavy atom. The number of nitrogens with zero attached hydrogens (tertiary/aromatic N) is 2. The molecule has 2 aromatic rings. The Morgan fingerprint density at radius 1 is 1.36 bits per heavy atom. The van der Waals surface area contributed by atoms with Gasteiger partial charge in [-0.2, -0.15) is 0 Å². The van der Waals surface area contributed by atoms with E-state index >= 15 is 0 Å². The van der Waals surface area contributed by atoms with Crippen LogP contribution in [0.3, 0.4) is 0 Å². The maximum atomic E-state index is 12.1. The molecule has 1 aromatic heterocycles. The third-order valence-corrected chi connectivity index (χ3v) is 4.86. The quantitative estimate of drug-likeness (QED) is 0.921. The summed E-state index contributed by atoms with van der Waals surface area (Å²) >= 11 is 0. The van der Waals surface area contributed by atoms with Crippen molar-refractivity contribution in [3.8, 4) is 0 Å². The smallest absolute Gasteiger partial charge is 0.223 e. The van der Waals surface area contributed by atoms with Gasteiger partial charge in [-0.25, -0.2) is 0 Å². The van der Waals surface area contributed by atoms with E-state index < -0.39 is 0 Å². The van der Waals surface area contributed by atoms with Gasteiger partial charge in [-0.15, -0.1) is 0 Å². The molecule has 0 spiro atoms. The van der Waals surface area contributed by atoms with Crippen LogP contribution < -0.4 is 5.32 Å². The topological polar surface area (TPSA) is 37.3 Å². The standard InChI is InChI=1S/C18H25N3O/c1-20(2)17(11-19-18(22)13-7-6-8-13)15-12-21(3)16-10-5-4-9-14(15)16/h4-5,9-10,12-13,17H,6-8,11H2,1-3H3,(H,19,22). The van der Waals surface area contributed by atoms with Crippen molar-refractivity contribution < 1.29 is 4.79 Å². The molecule has 1 aliphatic carbocycles. The molecule has 1 N–H and O–H groups in total. The fourth-order valence-corrected chi connectivity index (χ4v) is 3.22. The second kappa shape index (κ2) is 6.13. The molecule has 0 bridgehead atoms. The first-order valence-electron chi connectivity index (χ1n) is 8.06. The second-order valence-electron chi connectivity index (χ2n) is 6.56. The molecule has 1 atom stereocenters. The fourth-order valence-electron chi connectivity index (χ4n) is 3.22. The summed E-state index contributed by atoms with van der Waals surface area (Å²) in [5.74, 6) is 0.466. The molecule has 0 aliphatic heterocycles. The monoisotopic (exact) mass is 299 g/mol. The average molecular weight is 299 g/mol. The van der Waals surface area contributed by atoms with Crippen LogP contribution in [0.2, 0.25) is 0 Å². The van der Waals surface area contributed by atoms with E-state index in [2.05, 4.69) is 66.4 Å². The highest BCUT2D eigenvalue weighted by molar-refractivity contribution is 5.84. The molecule has 0 radical (unpaired) electrons. The van der Waals surface area contributed by atoms with E-state index in [1.54, 1.807) is 0 Å². The van der Waals surface area contributed by atoms with Gasteiger partial charge in [0, 0.05) is 36.6 Å². The van der Waals surface area contributed by atoms with Gasteiger partial charge in [-0.05, 0) is 38.6 Å². The highest BCUT2D eigenvalue weighted by Crippen LogP contribution is 2.29. The van der Waals surface area contributed by atoms with Crippen LogP contribution in [0.1, 0.15) is 30.9 Å². The Labute approximate surface area is 132 Å². The van der Waals surface area contributed by atoms with Crippen LogP contribution in [-0.4, -0.2) is 36.0 Å². The molecule has 1 aliphatic rings. The van der Waals surface area contributed by atoms with Crippen molar-refractivity contribution in [1.82, 2.24) is 14.8 Å². The zero-order chi connectivity index (χ0) is 15.7. The van der Waals surface area contributed by atoms with Crippen molar-refractivity contribution in [2.45, 2.75) is 25.3 Å². The molecule has 1 aromatic carbocycles. The maximum Gasteiger partial charge on any atom is 0.223 e. The average Bonchev–Trinajstić information content (AvgIpc) is 2.75. The largest absolute Gasteiger partial charge is 0.354 e. The SMILES string of the molecule is CN(C)C(CNC(=O)C1CCC1)c1cn(C)c2ccccc12. The van der Waals surface area contributed by atoms with Gasteiger partial charge in [0.1, 0.15) is 0 Å². The van der Waals surface area contributed by atoms with Crippen LogP contribution in [0.4, 0.5) is 0 Å². The molecule has 1 saturated carbocycles. The van der Waals surface area contributed by atoms with Crippen molar-refractivity contribution in [2.24, 2.45) is 13.0 Å². The minimum atomic E-state index is 0.190. The summed E-state index contributed by atoms with van der Waals surface area (Å²) in [5, 5.41) is 4.41. The van der Waals surface area contributed by atoms with Gasteiger partial charge in [0.25, 0.3) is 0 Å². The number of aryl methyl sites for hydroxylation is 1. The number of rotatable bonds is 5. The first kappa shape index (κ1) is 15.1. The highest BCUT2D eigenvalue weighted by Gasteiger charge is 2.26. The molecule has 3 rings (SSSR count). The third kappa shape index (κ3) is 2.75. The molecular weight excluding hydrogens is 274 g/mol. The predicted octanol–water partition coefficient (Wildman–Crippen LogP) is 2.70. The normalized spacial score (nSPS) is 16.7. The van der Waals surface area contributed by atoms with Crippen molar-refractivity contribution in [2.75, 3.05) is 20.6 Å². The van der Waals surface area contributed by atoms with Crippen LogP contribution in [0, 0.1) is 5.92 Å². The third-order valence-electron chi connectivity index (χ3n) is 4.86. The van der Waals surface area contributed by atoms with Gasteiger partial charge >= 0.3 is 0 Å². The van der Waals surface area contributed by atoms with E-state index in [-0.39, 0.29) is 17.9 Å². The van der Waals surface area contributed by atoms with Crippen molar-refractivity contribution in [3.05, 3.63) is 36.0 Å². The number of benzene rings is 1. The summed E-state index contributed by atoms with van der Waals surface area (Å²) in [6.45, 7) is 0.663. The van der Waals surface area contributed by atoms with Gasteiger partial charge < -0.3 is 14.8 Å². The Kier molecular flexibility index (Phi) is 4.21. The number of fused-ring (bicyclic) bond motifs is 1. The minimum absolute atomic E-state index is 0.190. The predicted molar refractivity (Wildman–Crippen MR) is 89.7 cm³/mol. The molecule has 1 fully saturated rings. The summed E-state index contributed by atoms with van der Waals surface area (Å²) in [6.07, 6.45) is 5.48. The van der Waals surface area contributed by atoms with Crippen molar-refractivity contribution >= 4 is 16.8 Å². The van der Waals surface area contributed by atoms with Crippen LogP contribution in [0.5, 0.6) is 0 Å². The first-order valence-corrected chi connectivity index (χ1v) is 8.06. The highest BCUT2D eigenvalue weighted by atomic mass is 16.1. The lowest BCUT2D eigenvalue weighted by molar-refractivity contribution is -0.127. The van der Waals surface area contributed by atoms with Gasteiger partial charge in [0.2, 0.25) is 5.91 Å². The Morgan fingerprint density at radius 2 is 2.09 bits per heavy atom. The Bertz CT molecular complexity index is 670. The summed E-state index contributed by atoms with van der Waals surface area (Å²) in [6, 6.07) is 8.63. The Hall–Kier alpha value is -1.81. The summed E-state index contributed by atoms with van der Waals surface area (Å²) in [7, 11) is 6.22. The lowest BCUT2D eigenvalue weighted by Gasteiger charge is -2.28. The van der Waals surface area contributed by atoms with Gasteiger partial charge in [-0.1, -0.05) is 24.6 Å². The van der Waals surface area contributed by atoms with Gasteiger partial charge in [-0.3, -0.25) is 4.79 Å². The molecule has 4 heteroatoms. The molecule has 1 amide bonds. The minimum Gasteiger partial charge on any atom is -0.354 e. The van der Waals surface area contributed by atoms with Crippen molar-refractivity contribution in [1.29, 1.82) is 0 Å². The number of para-hydroxylation sites is 1. The molecule has 22 heavy (non-hydrogen) atoms. The number of hydrogen-bond acceptors (Lipinski definition) is 2. The molecule has 0 saturated heterocycles. The molecule has 4 nitrogen and oxygen atoms in total. The number of nitrogens with one attached hydrogen (secondary N) is 1. The van der Waals surface area contributed by atoms with Crippen LogP contribution in [-0.2, 0) is 11.8 Å². The number of hydrogen-bond donors (Lipinski definition) is 1. The maximum absolute atomic E-state index is 12.1. The lowest BCUT2D eigenvalue weighted by atomic mass is 9.85. The summed E-state index contributed by atoms with van der Waals surface area (Å²) in [5.41, 5.74) is 2.51. The van der Waals surface area contributed by atoms with Crippen LogP contribution >= 0.6 is 0 Å². The zero-order valence-electron chi connectivity index (χ0n) is 13.7. The second-order valence-corrected chi connectivity index (χ2v) is 6.56. The lowest BCUT2D eigenvalue weighted by Crippen LogP contribution is -2.39. The molecule has 118 valence electrons. The van der Waals surface area contributed by atoms with Gasteiger partial charge in [0.05, 0.1) is 6.04 Å². The zero-order valence-corrected chi connectivity index (χ0v) is 13.7. The van der Waals surface area contributed by atoms with Crippen LogP contribution in [0.15, 0.2) is 30.5 Å². The van der Waals surface area contributed by atoms with E-state index in [0.29, 0.717) is 6.54 Å². The molecular formula is C18H25N3O. The van der Waals surface area contributed by atoms with Crippen LogP contribution in [0.25, 0.3) is 10.9 Å². The number of likely N-dealkylation sites (N-methyl/N-ethyl adjacent to an activating group) is 1. The molecule has 1 unspecified atom stereocenters. The van der Waals surface area contributed by atoms with E-state index in [4.69, 9.17) is 0 Å². The first-order chi connectivity index (χ1) is 10.6. The number of carbonyl (C=O) groups is 1. The van der Waals surface area contributed by atoms with E-state index in [1.165, 1.54) is 22.9 Å². The fraction of sp³-hybridized carbons (Fsp3) is 0.500. The van der Waals surface area contributed by atoms with Gasteiger partial charge in [0.15, 0.2) is 0 Å². The van der Waals surface area contributed by atoms with E-state index in [1.807, 2.05) is 0 Å². The number of amides is 1. The van der Waals surface area contributed by atoms with Crippen molar-refractivity contribution in [3.63, 3.8) is 0 Å². The summed E-state index contributed by atoms with van der Waals surface area (Å²) in [4.78, 5) is 14.3. The van der Waals surface area contributed by atoms with E-state index in [0.717, 1.165) is 12.8 Å².